The molecular formula is C10H12N2O3. The maximum absolute atomic E-state index is 7.59. The van der Waals surface area contributed by atoms with E-state index in [2.05, 4.69) is 4.98 Å². The van der Waals surface area contributed by atoms with Crippen LogP contribution in [0.2, 0.25) is 0 Å². The Morgan fingerprint density at radius 1 is 1.53 bits per heavy atom. The van der Waals surface area contributed by atoms with Gasteiger partial charge in [-0.25, -0.2) is 0 Å². The van der Waals surface area contributed by atoms with Crippen molar-refractivity contribution in [1.29, 1.82) is 5.41 Å². The van der Waals surface area contributed by atoms with Gasteiger partial charge in [-0.15, -0.1) is 0 Å². The van der Waals surface area contributed by atoms with E-state index >= 15 is 0 Å². The standard InChI is InChI=1S/C10H12N2O3/c1-13-9(11)8-7(3-2-4-12-8)10-14-5-6-15-10/h2-4,10-11H,5-6H2,1H3. The summed E-state index contributed by atoms with van der Waals surface area (Å²) in [5.41, 5.74) is 1.20. The Morgan fingerprint density at radius 3 is 2.93 bits per heavy atom. The number of hydrogen-bond donors (Lipinski definition) is 1. The summed E-state index contributed by atoms with van der Waals surface area (Å²) < 4.78 is 15.6. The first-order valence-electron chi connectivity index (χ1n) is 4.64. The minimum Gasteiger partial charge on any atom is -0.480 e. The van der Waals surface area contributed by atoms with E-state index in [1.165, 1.54) is 7.11 Å². The molecule has 0 atom stereocenters. The fraction of sp³-hybridized carbons (Fsp3) is 0.400. The summed E-state index contributed by atoms with van der Waals surface area (Å²) in [5.74, 6) is 0.0182. The van der Waals surface area contributed by atoms with Gasteiger partial charge in [0.15, 0.2) is 6.29 Å². The smallest absolute Gasteiger partial charge is 0.232 e. The van der Waals surface area contributed by atoms with Gasteiger partial charge in [0.05, 0.1) is 20.3 Å². The van der Waals surface area contributed by atoms with E-state index in [1.54, 1.807) is 12.3 Å². The molecule has 1 aliphatic heterocycles. The number of hydrogen-bond acceptors (Lipinski definition) is 5. The quantitative estimate of drug-likeness (QED) is 0.584. The molecule has 2 heterocycles. The summed E-state index contributed by atoms with van der Waals surface area (Å²) in [6, 6.07) is 3.61. The highest BCUT2D eigenvalue weighted by atomic mass is 16.7. The lowest BCUT2D eigenvalue weighted by Crippen LogP contribution is -2.11. The Hall–Kier alpha value is -1.46. The van der Waals surface area contributed by atoms with Gasteiger partial charge in [0.2, 0.25) is 5.90 Å². The number of aromatic nitrogens is 1. The van der Waals surface area contributed by atoms with E-state index in [9.17, 15) is 0 Å². The molecule has 5 heteroatoms. The Balaban J connectivity index is 2.32. The SMILES string of the molecule is COC(=N)c1ncccc1C1OCCO1. The highest BCUT2D eigenvalue weighted by molar-refractivity contribution is 5.91. The van der Waals surface area contributed by atoms with E-state index in [4.69, 9.17) is 19.6 Å². The Labute approximate surface area is 87.5 Å². The molecule has 0 radical (unpaired) electrons. The van der Waals surface area contributed by atoms with Gasteiger partial charge in [0, 0.05) is 11.8 Å². The molecule has 1 aromatic rings. The van der Waals surface area contributed by atoms with Crippen molar-refractivity contribution in [2.24, 2.45) is 0 Å². The van der Waals surface area contributed by atoms with E-state index < -0.39 is 6.29 Å². The molecule has 5 nitrogen and oxygen atoms in total. The second-order valence-corrected chi connectivity index (χ2v) is 3.05. The summed E-state index contributed by atoms with van der Waals surface area (Å²) in [5, 5.41) is 7.59. The average molecular weight is 208 g/mol. The lowest BCUT2D eigenvalue weighted by atomic mass is 10.2. The monoisotopic (exact) mass is 208 g/mol. The molecule has 0 aliphatic carbocycles. The van der Waals surface area contributed by atoms with Crippen LogP contribution in [0.15, 0.2) is 18.3 Å². The second-order valence-electron chi connectivity index (χ2n) is 3.05. The topological polar surface area (TPSA) is 64.4 Å². The molecule has 80 valence electrons. The van der Waals surface area contributed by atoms with Crippen LogP contribution >= 0.6 is 0 Å². The fourth-order valence-electron chi connectivity index (χ4n) is 1.43. The molecule has 1 aliphatic rings. The molecule has 1 fully saturated rings. The first kappa shape index (κ1) is 10.1. The molecule has 0 spiro atoms. The van der Waals surface area contributed by atoms with Crippen LogP contribution in [-0.4, -0.2) is 31.2 Å². The molecule has 2 rings (SSSR count). The lowest BCUT2D eigenvalue weighted by Gasteiger charge is -2.13. The predicted molar refractivity (Wildman–Crippen MR) is 52.7 cm³/mol. The normalized spacial score (nSPS) is 16.6. The van der Waals surface area contributed by atoms with Gasteiger partial charge in [0.25, 0.3) is 0 Å². The second kappa shape index (κ2) is 4.37. The average Bonchev–Trinajstić information content (AvgIpc) is 2.81. The van der Waals surface area contributed by atoms with Crippen LogP contribution in [0, 0.1) is 5.41 Å². The van der Waals surface area contributed by atoms with E-state index in [0.29, 0.717) is 18.9 Å². The predicted octanol–water partition coefficient (Wildman–Crippen LogP) is 1.10. The van der Waals surface area contributed by atoms with Gasteiger partial charge in [-0.2, -0.15) is 0 Å². The maximum atomic E-state index is 7.59. The molecule has 1 aromatic heterocycles. The van der Waals surface area contributed by atoms with Crippen molar-refractivity contribution in [3.8, 4) is 0 Å². The highest BCUT2D eigenvalue weighted by Gasteiger charge is 2.23. The van der Waals surface area contributed by atoms with E-state index in [1.807, 2.05) is 6.07 Å². The first-order chi connectivity index (χ1) is 7.33. The zero-order chi connectivity index (χ0) is 10.7. The molecule has 0 bridgehead atoms. The Bertz CT molecular complexity index is 361. The van der Waals surface area contributed by atoms with Crippen LogP contribution in [0.5, 0.6) is 0 Å². The minimum atomic E-state index is -0.427. The van der Waals surface area contributed by atoms with E-state index in [-0.39, 0.29) is 5.90 Å². The first-order valence-corrected chi connectivity index (χ1v) is 4.64. The van der Waals surface area contributed by atoms with Crippen molar-refractivity contribution in [2.75, 3.05) is 20.3 Å². The van der Waals surface area contributed by atoms with Gasteiger partial charge in [-0.1, -0.05) is 6.07 Å². The zero-order valence-corrected chi connectivity index (χ0v) is 8.40. The molecule has 0 amide bonds. The Morgan fingerprint density at radius 2 is 2.27 bits per heavy atom. The van der Waals surface area contributed by atoms with Crippen molar-refractivity contribution in [3.05, 3.63) is 29.6 Å². The van der Waals surface area contributed by atoms with Crippen molar-refractivity contribution in [2.45, 2.75) is 6.29 Å². The van der Waals surface area contributed by atoms with Crippen molar-refractivity contribution < 1.29 is 14.2 Å². The van der Waals surface area contributed by atoms with Gasteiger partial charge in [-0.05, 0) is 6.07 Å². The third kappa shape index (κ3) is 1.98. The number of nitrogens with zero attached hydrogens (tertiary/aromatic N) is 1. The summed E-state index contributed by atoms with van der Waals surface area (Å²) in [4.78, 5) is 4.08. The van der Waals surface area contributed by atoms with Crippen LogP contribution in [0.3, 0.4) is 0 Å². The van der Waals surface area contributed by atoms with Crippen LogP contribution in [0.4, 0.5) is 0 Å². The highest BCUT2D eigenvalue weighted by Crippen LogP contribution is 2.25. The number of nitrogens with one attached hydrogen (secondary N) is 1. The third-order valence-corrected chi connectivity index (χ3v) is 2.13. The molecule has 0 unspecified atom stereocenters. The molecular weight excluding hydrogens is 196 g/mol. The number of ether oxygens (including phenoxy) is 3. The van der Waals surface area contributed by atoms with Crippen LogP contribution < -0.4 is 0 Å². The van der Waals surface area contributed by atoms with Gasteiger partial charge in [0.1, 0.15) is 5.69 Å². The summed E-state index contributed by atoms with van der Waals surface area (Å²) in [7, 11) is 1.44. The van der Waals surface area contributed by atoms with Gasteiger partial charge >= 0.3 is 0 Å². The van der Waals surface area contributed by atoms with E-state index in [0.717, 1.165) is 5.56 Å². The summed E-state index contributed by atoms with van der Waals surface area (Å²) in [6.07, 6.45) is 1.19. The molecule has 1 saturated heterocycles. The number of pyridine rings is 1. The molecule has 0 aromatic carbocycles. The van der Waals surface area contributed by atoms with Crippen LogP contribution in [0.25, 0.3) is 0 Å². The van der Waals surface area contributed by atoms with Gasteiger partial charge < -0.3 is 14.2 Å². The third-order valence-electron chi connectivity index (χ3n) is 2.13. The van der Waals surface area contributed by atoms with Crippen molar-refractivity contribution >= 4 is 5.90 Å². The Kier molecular flexibility index (Phi) is 2.94. The number of rotatable bonds is 2. The molecule has 1 N–H and O–H groups in total. The van der Waals surface area contributed by atoms with Crippen LogP contribution in [0.1, 0.15) is 17.5 Å². The zero-order valence-electron chi connectivity index (χ0n) is 8.40. The largest absolute Gasteiger partial charge is 0.480 e. The minimum absolute atomic E-state index is 0.0182. The lowest BCUT2D eigenvalue weighted by molar-refractivity contribution is -0.0445. The number of methoxy groups -OCH3 is 1. The van der Waals surface area contributed by atoms with Crippen LogP contribution in [-0.2, 0) is 14.2 Å². The molecule has 15 heavy (non-hydrogen) atoms. The van der Waals surface area contributed by atoms with Crippen molar-refractivity contribution in [3.63, 3.8) is 0 Å². The maximum Gasteiger partial charge on any atom is 0.232 e. The fourth-order valence-corrected chi connectivity index (χ4v) is 1.43. The summed E-state index contributed by atoms with van der Waals surface area (Å²) in [6.45, 7) is 1.14. The molecule has 0 saturated carbocycles. The van der Waals surface area contributed by atoms with Gasteiger partial charge in [-0.3, -0.25) is 10.4 Å². The summed E-state index contributed by atoms with van der Waals surface area (Å²) >= 11 is 0. The van der Waals surface area contributed by atoms with Crippen molar-refractivity contribution in [1.82, 2.24) is 4.98 Å².